The number of aliphatic carboxylic acids is 7. The van der Waals surface area contributed by atoms with Gasteiger partial charge in [0.2, 0.25) is 5.91 Å². The first-order chi connectivity index (χ1) is 33.2. The summed E-state index contributed by atoms with van der Waals surface area (Å²) in [6.45, 7) is 0.867. The number of amides is 3. The van der Waals surface area contributed by atoms with Crippen molar-refractivity contribution in [3.05, 3.63) is 29.8 Å². The van der Waals surface area contributed by atoms with Gasteiger partial charge in [0.1, 0.15) is 12.1 Å². The summed E-state index contributed by atoms with van der Waals surface area (Å²) in [5, 5.41) is 79.7. The molecule has 1 aliphatic heterocycles. The SMILES string of the molecule is O=C(O)CC[C@H](NC(=O)N[C@@H](CCCCNC(=O)CCCCCCCNC(=S)Nc1ccc(CC2CN(CC(=O)O)CCN(CC(=O)O)CCN(CC(=O)O)CCN2CC(=O)O)cc1)C(=O)O)C(=O)O. The van der Waals surface area contributed by atoms with E-state index >= 15 is 0 Å². The molecule has 0 saturated carbocycles. The molecule has 2 rings (SSSR count). The zero-order valence-corrected chi connectivity index (χ0v) is 40.0. The van der Waals surface area contributed by atoms with Crippen molar-refractivity contribution in [1.29, 1.82) is 0 Å². The van der Waals surface area contributed by atoms with Gasteiger partial charge in [-0.05, 0) is 74.9 Å². The zero-order chi connectivity index (χ0) is 52.0. The maximum atomic E-state index is 12.3. The van der Waals surface area contributed by atoms with Crippen molar-refractivity contribution in [2.75, 3.05) is 90.4 Å². The van der Waals surface area contributed by atoms with Crippen molar-refractivity contribution in [1.82, 2.24) is 40.9 Å². The van der Waals surface area contributed by atoms with Gasteiger partial charge in [-0.1, -0.05) is 31.4 Å². The molecule has 0 radical (unpaired) electrons. The fraction of sp³-hybridized carbons (Fsp3) is 0.636. The highest BCUT2D eigenvalue weighted by atomic mass is 32.1. The smallest absolute Gasteiger partial charge is 0.326 e. The molecule has 1 fully saturated rings. The van der Waals surface area contributed by atoms with E-state index in [9.17, 15) is 73.8 Å². The highest BCUT2D eigenvalue weighted by Gasteiger charge is 2.28. The van der Waals surface area contributed by atoms with Crippen LogP contribution in [0.1, 0.15) is 76.2 Å². The van der Waals surface area contributed by atoms with Crippen molar-refractivity contribution >= 4 is 76.7 Å². The van der Waals surface area contributed by atoms with Gasteiger partial charge in [0.15, 0.2) is 5.11 Å². The van der Waals surface area contributed by atoms with Crippen LogP contribution in [0.15, 0.2) is 24.3 Å². The number of thiocarbonyl (C=S) groups is 1. The van der Waals surface area contributed by atoms with Crippen LogP contribution in [0.25, 0.3) is 0 Å². The highest BCUT2D eigenvalue weighted by molar-refractivity contribution is 7.80. The van der Waals surface area contributed by atoms with E-state index < -0.39 is 72.4 Å². The molecule has 392 valence electrons. The summed E-state index contributed by atoms with van der Waals surface area (Å²) in [6, 6.07) is 2.97. The third-order valence-electron chi connectivity index (χ3n) is 11.2. The number of urea groups is 1. The lowest BCUT2D eigenvalue weighted by atomic mass is 10.0. The molecule has 0 aliphatic carbocycles. The first kappa shape index (κ1) is 59.9. The molecule has 3 atom stereocenters. The van der Waals surface area contributed by atoms with Crippen molar-refractivity contribution < 1.29 is 78.9 Å². The molecule has 1 heterocycles. The lowest BCUT2D eigenvalue weighted by Crippen LogP contribution is -2.53. The second kappa shape index (κ2) is 33.3. The molecular weight excluding hydrogens is 943 g/mol. The van der Waals surface area contributed by atoms with Crippen LogP contribution in [0.2, 0.25) is 0 Å². The molecule has 1 aromatic carbocycles. The van der Waals surface area contributed by atoms with Gasteiger partial charge in [0.05, 0.1) is 26.2 Å². The van der Waals surface area contributed by atoms with E-state index in [4.69, 9.17) is 17.3 Å². The Balaban J connectivity index is 1.78. The summed E-state index contributed by atoms with van der Waals surface area (Å²) in [6.07, 6.45) is 4.70. The summed E-state index contributed by atoms with van der Waals surface area (Å²) in [5.74, 6) is -8.52. The summed E-state index contributed by atoms with van der Waals surface area (Å²) >= 11 is 5.48. The number of benzene rings is 1. The minimum Gasteiger partial charge on any atom is -0.481 e. The normalized spacial score (nSPS) is 16.3. The van der Waals surface area contributed by atoms with Crippen LogP contribution >= 0.6 is 12.2 Å². The second-order valence-corrected chi connectivity index (χ2v) is 17.4. The number of carboxylic acids is 7. The Morgan fingerprint density at radius 1 is 0.543 bits per heavy atom. The van der Waals surface area contributed by atoms with E-state index in [0.717, 1.165) is 31.2 Å². The maximum Gasteiger partial charge on any atom is 0.326 e. The van der Waals surface area contributed by atoms with Gasteiger partial charge in [0, 0.05) is 83.5 Å². The molecule has 1 saturated heterocycles. The Morgan fingerprint density at radius 3 is 1.59 bits per heavy atom. The molecule has 0 aromatic heterocycles. The molecule has 0 bridgehead atoms. The third kappa shape index (κ3) is 27.7. The number of anilines is 1. The Morgan fingerprint density at radius 2 is 1.03 bits per heavy atom. The predicted octanol–water partition coefficient (Wildman–Crippen LogP) is 0.142. The average molecular weight is 1010 g/mol. The van der Waals surface area contributed by atoms with Crippen LogP contribution in [0.5, 0.6) is 0 Å². The minimum atomic E-state index is -1.50. The Kier molecular flexibility index (Phi) is 28.5. The van der Waals surface area contributed by atoms with E-state index in [0.29, 0.717) is 56.0 Å². The molecule has 3 amide bonds. The van der Waals surface area contributed by atoms with Crippen LogP contribution < -0.4 is 26.6 Å². The number of rotatable bonds is 31. The summed E-state index contributed by atoms with van der Waals surface area (Å²) in [5.41, 5.74) is 1.52. The van der Waals surface area contributed by atoms with Crippen LogP contribution in [0.3, 0.4) is 0 Å². The van der Waals surface area contributed by atoms with E-state index in [1.807, 2.05) is 24.3 Å². The van der Waals surface area contributed by atoms with E-state index in [2.05, 4.69) is 26.6 Å². The van der Waals surface area contributed by atoms with Gasteiger partial charge < -0.3 is 62.3 Å². The fourth-order valence-electron chi connectivity index (χ4n) is 7.60. The van der Waals surface area contributed by atoms with E-state index in [1.165, 1.54) is 0 Å². The average Bonchev–Trinajstić information content (AvgIpc) is 3.26. The molecule has 1 aliphatic rings. The lowest BCUT2D eigenvalue weighted by molar-refractivity contribution is -0.142. The molecular formula is C44H69N9O16S. The van der Waals surface area contributed by atoms with Gasteiger partial charge in [0.25, 0.3) is 0 Å². The van der Waals surface area contributed by atoms with Crippen LogP contribution in [0, 0.1) is 0 Å². The van der Waals surface area contributed by atoms with Crippen LogP contribution in [0.4, 0.5) is 10.5 Å². The third-order valence-corrected chi connectivity index (χ3v) is 11.5. The van der Waals surface area contributed by atoms with Gasteiger partial charge in [-0.25, -0.2) is 14.4 Å². The molecule has 1 unspecified atom stereocenters. The summed E-state index contributed by atoms with van der Waals surface area (Å²) in [4.78, 5) is 112. The molecule has 25 nitrogen and oxygen atoms in total. The number of nitrogens with one attached hydrogen (secondary N) is 5. The number of carboxylic acid groups (broad SMARTS) is 7. The first-order valence-electron chi connectivity index (χ1n) is 23.1. The quantitative estimate of drug-likeness (QED) is 0.0348. The Hall–Kier alpha value is -6.22. The van der Waals surface area contributed by atoms with Gasteiger partial charge in [-0.3, -0.25) is 48.4 Å². The number of carbonyl (C=O) groups excluding carboxylic acids is 2. The molecule has 1 aromatic rings. The zero-order valence-electron chi connectivity index (χ0n) is 39.2. The topological polar surface area (TPSA) is 368 Å². The Labute approximate surface area is 410 Å². The van der Waals surface area contributed by atoms with Crippen molar-refractivity contribution in [3.8, 4) is 0 Å². The van der Waals surface area contributed by atoms with Crippen molar-refractivity contribution in [2.24, 2.45) is 0 Å². The summed E-state index contributed by atoms with van der Waals surface area (Å²) in [7, 11) is 0. The van der Waals surface area contributed by atoms with Gasteiger partial charge >= 0.3 is 47.8 Å². The van der Waals surface area contributed by atoms with Crippen LogP contribution in [-0.4, -0.2) is 217 Å². The monoisotopic (exact) mass is 1010 g/mol. The molecule has 12 N–H and O–H groups in total. The Bertz CT molecular complexity index is 1900. The number of carbonyl (C=O) groups is 9. The van der Waals surface area contributed by atoms with Crippen LogP contribution in [-0.2, 0) is 44.8 Å². The van der Waals surface area contributed by atoms with E-state index in [-0.39, 0.29) is 90.7 Å². The molecule has 0 spiro atoms. The maximum absolute atomic E-state index is 12.3. The lowest BCUT2D eigenvalue weighted by Gasteiger charge is -2.37. The van der Waals surface area contributed by atoms with Gasteiger partial charge in [-0.15, -0.1) is 0 Å². The fourth-order valence-corrected chi connectivity index (χ4v) is 7.82. The van der Waals surface area contributed by atoms with Crippen molar-refractivity contribution in [3.63, 3.8) is 0 Å². The highest BCUT2D eigenvalue weighted by Crippen LogP contribution is 2.16. The van der Waals surface area contributed by atoms with Gasteiger partial charge in [-0.2, -0.15) is 0 Å². The molecule has 70 heavy (non-hydrogen) atoms. The largest absolute Gasteiger partial charge is 0.481 e. The standard InChI is InChI=1S/C44H69N9O16S/c54-35(45-16-7-5-8-33(41(65)66)48-43(69)49-34(42(67)68)14-15-36(55)56)9-4-2-1-3-6-17-46-44(70)47-31-12-10-30(11-13-31)24-32-25-52(28-39(61)62)21-20-50(26-37(57)58)18-19-51(27-38(59)60)22-23-53(32)29-40(63)64/h10-13,32-34H,1-9,14-29H2,(H,45,54)(H,55,56)(H,57,58)(H,59,60)(H,61,62)(H,63,64)(H,65,66)(H,67,68)(H2,46,47,70)(H2,48,49,69)/t32?,33-,34-/m0/s1. The first-order valence-corrected chi connectivity index (χ1v) is 23.5. The number of unbranched alkanes of at least 4 members (excludes halogenated alkanes) is 5. The molecule has 26 heteroatoms. The van der Waals surface area contributed by atoms with Crippen molar-refractivity contribution in [2.45, 2.75) is 95.2 Å². The minimum absolute atomic E-state index is 0.0223. The second-order valence-electron chi connectivity index (χ2n) is 17.0. The number of hydrogen-bond acceptors (Lipinski definition) is 14. The van der Waals surface area contributed by atoms with E-state index in [1.54, 1.807) is 19.6 Å². The number of hydrogen-bond donors (Lipinski definition) is 12. The predicted molar refractivity (Wildman–Crippen MR) is 256 cm³/mol. The summed E-state index contributed by atoms with van der Waals surface area (Å²) < 4.78 is 0. The number of nitrogens with zero attached hydrogens (tertiary/aromatic N) is 4.